The minimum absolute atomic E-state index is 0.169. The molecule has 7 heteroatoms. The van der Waals surface area contributed by atoms with Crippen LogP contribution >= 0.6 is 0 Å². The largest absolute Gasteiger partial charge is 0.473 e. The van der Waals surface area contributed by atoms with Gasteiger partial charge in [0.25, 0.3) is 0 Å². The number of nitrogens with one attached hydrogen (secondary N) is 1. The Balaban J connectivity index is 1.67. The smallest absolute Gasteiger partial charge is 0.240 e. The summed E-state index contributed by atoms with van der Waals surface area (Å²) in [6.07, 6.45) is 9.52. The van der Waals surface area contributed by atoms with Crippen LogP contribution in [0.3, 0.4) is 0 Å². The Bertz CT molecular complexity index is 845. The molecule has 4 rings (SSSR count). The Hall–Kier alpha value is -2.41. The highest BCUT2D eigenvalue weighted by Gasteiger charge is 2.41. The molecule has 0 unspecified atom stereocenters. The van der Waals surface area contributed by atoms with E-state index in [1.807, 2.05) is 32.6 Å². The number of aryl methyl sites for hydroxylation is 1. The van der Waals surface area contributed by atoms with Gasteiger partial charge in [0.2, 0.25) is 5.88 Å². The summed E-state index contributed by atoms with van der Waals surface area (Å²) in [4.78, 5) is 4.70. The molecule has 23 heavy (non-hydrogen) atoms. The summed E-state index contributed by atoms with van der Waals surface area (Å²) in [7, 11) is 3.88. The van der Waals surface area contributed by atoms with Gasteiger partial charge in [-0.2, -0.15) is 10.2 Å². The fourth-order valence-corrected chi connectivity index (χ4v) is 3.07. The molecule has 3 aromatic heterocycles. The lowest BCUT2D eigenvalue weighted by Crippen LogP contribution is -2.55. The molecule has 0 bridgehead atoms. The lowest BCUT2D eigenvalue weighted by Gasteiger charge is -2.44. The van der Waals surface area contributed by atoms with Crippen LogP contribution < -0.4 is 10.1 Å². The molecule has 1 fully saturated rings. The molecule has 1 saturated carbocycles. The first-order chi connectivity index (χ1) is 11.1. The summed E-state index contributed by atoms with van der Waals surface area (Å²) < 4.78 is 9.71. The van der Waals surface area contributed by atoms with Gasteiger partial charge in [-0.15, -0.1) is 0 Å². The lowest BCUT2D eigenvalue weighted by atomic mass is 9.76. The fourth-order valence-electron chi connectivity index (χ4n) is 3.07. The number of hydrogen-bond donors (Lipinski definition) is 1. The van der Waals surface area contributed by atoms with Crippen LogP contribution in [0.4, 0.5) is 0 Å². The summed E-state index contributed by atoms with van der Waals surface area (Å²) in [5, 5.41) is 11.9. The molecular formula is C16H20N6O. The molecule has 3 aromatic rings. The maximum atomic E-state index is 6.15. The highest BCUT2D eigenvalue weighted by atomic mass is 16.5. The van der Waals surface area contributed by atoms with Crippen molar-refractivity contribution in [1.82, 2.24) is 29.7 Å². The molecule has 1 aliphatic carbocycles. The van der Waals surface area contributed by atoms with Gasteiger partial charge in [-0.3, -0.25) is 4.68 Å². The van der Waals surface area contributed by atoms with Gasteiger partial charge in [0.15, 0.2) is 0 Å². The minimum atomic E-state index is 0.169. The molecule has 0 spiro atoms. The third kappa shape index (κ3) is 2.46. The van der Waals surface area contributed by atoms with Crippen molar-refractivity contribution >= 4 is 5.52 Å². The van der Waals surface area contributed by atoms with E-state index in [2.05, 4.69) is 22.4 Å². The molecule has 7 nitrogen and oxygen atoms in total. The Morgan fingerprint density at radius 1 is 1.30 bits per heavy atom. The van der Waals surface area contributed by atoms with Crippen LogP contribution in [0.2, 0.25) is 0 Å². The standard InChI is InChI=1S/C16H20N6O/c1-16(17-2)6-12(7-16)23-15-14-4-5-18-22(14)10-13(20-15)11-8-19-21(3)9-11/h4-5,8-10,12,17H,6-7H2,1-3H3. The topological polar surface area (TPSA) is 69.3 Å². The molecule has 0 saturated heterocycles. The summed E-state index contributed by atoms with van der Waals surface area (Å²) >= 11 is 0. The van der Waals surface area contributed by atoms with E-state index in [0.29, 0.717) is 5.88 Å². The predicted octanol–water partition coefficient (Wildman–Crippen LogP) is 1.65. The molecule has 0 atom stereocenters. The van der Waals surface area contributed by atoms with Crippen molar-refractivity contribution in [1.29, 1.82) is 0 Å². The molecule has 1 N–H and O–H groups in total. The average Bonchev–Trinajstić information content (AvgIpc) is 3.13. The van der Waals surface area contributed by atoms with Gasteiger partial charge in [0.05, 0.1) is 24.3 Å². The third-order valence-electron chi connectivity index (χ3n) is 4.59. The highest BCUT2D eigenvalue weighted by molar-refractivity contribution is 5.63. The van der Waals surface area contributed by atoms with Crippen LogP contribution in [-0.2, 0) is 7.05 Å². The van der Waals surface area contributed by atoms with E-state index in [1.54, 1.807) is 21.6 Å². The second-order valence-corrected chi connectivity index (χ2v) is 6.45. The highest BCUT2D eigenvalue weighted by Crippen LogP contribution is 2.35. The van der Waals surface area contributed by atoms with Crippen LogP contribution in [0.25, 0.3) is 16.8 Å². The van der Waals surface area contributed by atoms with Crippen LogP contribution in [0.15, 0.2) is 30.9 Å². The monoisotopic (exact) mass is 312 g/mol. The lowest BCUT2D eigenvalue weighted by molar-refractivity contribution is 0.0330. The first-order valence-corrected chi connectivity index (χ1v) is 7.75. The number of nitrogens with zero attached hydrogens (tertiary/aromatic N) is 5. The summed E-state index contributed by atoms with van der Waals surface area (Å²) in [5.74, 6) is 0.631. The van der Waals surface area contributed by atoms with E-state index in [9.17, 15) is 0 Å². The van der Waals surface area contributed by atoms with Gasteiger partial charge in [0.1, 0.15) is 11.6 Å². The van der Waals surface area contributed by atoms with Crippen LogP contribution in [-0.4, -0.2) is 43.1 Å². The maximum absolute atomic E-state index is 6.15. The maximum Gasteiger partial charge on any atom is 0.240 e. The zero-order valence-corrected chi connectivity index (χ0v) is 13.5. The van der Waals surface area contributed by atoms with Crippen LogP contribution in [0, 0.1) is 0 Å². The van der Waals surface area contributed by atoms with Crippen LogP contribution in [0.1, 0.15) is 19.8 Å². The van der Waals surface area contributed by atoms with Crippen LogP contribution in [0.5, 0.6) is 5.88 Å². The van der Waals surface area contributed by atoms with E-state index in [1.165, 1.54) is 0 Å². The van der Waals surface area contributed by atoms with E-state index in [-0.39, 0.29) is 11.6 Å². The first kappa shape index (κ1) is 14.2. The van der Waals surface area contributed by atoms with E-state index >= 15 is 0 Å². The Labute approximate surface area is 134 Å². The van der Waals surface area contributed by atoms with Crippen molar-refractivity contribution in [3.63, 3.8) is 0 Å². The number of hydrogen-bond acceptors (Lipinski definition) is 5. The molecule has 0 aliphatic heterocycles. The fraction of sp³-hybridized carbons (Fsp3) is 0.438. The summed E-state index contributed by atoms with van der Waals surface area (Å²) in [6.45, 7) is 2.21. The van der Waals surface area contributed by atoms with Crippen molar-refractivity contribution in [2.75, 3.05) is 7.05 Å². The van der Waals surface area contributed by atoms with Crippen molar-refractivity contribution in [3.05, 3.63) is 30.9 Å². The predicted molar refractivity (Wildman–Crippen MR) is 86.3 cm³/mol. The van der Waals surface area contributed by atoms with E-state index in [4.69, 9.17) is 9.72 Å². The molecule has 0 radical (unpaired) electrons. The third-order valence-corrected chi connectivity index (χ3v) is 4.59. The van der Waals surface area contributed by atoms with Gasteiger partial charge in [0, 0.05) is 37.2 Å². The Morgan fingerprint density at radius 2 is 2.13 bits per heavy atom. The number of fused-ring (bicyclic) bond motifs is 1. The van der Waals surface area contributed by atoms with Gasteiger partial charge in [-0.1, -0.05) is 0 Å². The number of rotatable bonds is 4. The second-order valence-electron chi connectivity index (χ2n) is 6.45. The molecule has 120 valence electrons. The van der Waals surface area contributed by atoms with Crippen molar-refractivity contribution in [2.45, 2.75) is 31.4 Å². The second kappa shape index (κ2) is 5.06. The van der Waals surface area contributed by atoms with Crippen molar-refractivity contribution in [3.8, 4) is 17.1 Å². The normalized spacial score (nSPS) is 23.9. The summed E-state index contributed by atoms with van der Waals surface area (Å²) in [6, 6.07) is 1.92. The van der Waals surface area contributed by atoms with E-state index in [0.717, 1.165) is 29.6 Å². The number of ether oxygens (including phenoxy) is 1. The molecular weight excluding hydrogens is 292 g/mol. The van der Waals surface area contributed by atoms with Gasteiger partial charge in [-0.05, 0) is 20.0 Å². The Kier molecular flexibility index (Phi) is 3.12. The average molecular weight is 312 g/mol. The molecule has 3 heterocycles. The molecule has 0 aromatic carbocycles. The van der Waals surface area contributed by atoms with Gasteiger partial charge in [-0.25, -0.2) is 9.50 Å². The van der Waals surface area contributed by atoms with Gasteiger partial charge >= 0.3 is 0 Å². The SMILES string of the molecule is CNC1(C)CC(Oc2nc(-c3cnn(C)c3)cn3nccc23)C1. The number of aromatic nitrogens is 5. The van der Waals surface area contributed by atoms with Crippen molar-refractivity contribution in [2.24, 2.45) is 7.05 Å². The Morgan fingerprint density at radius 3 is 2.83 bits per heavy atom. The van der Waals surface area contributed by atoms with Gasteiger partial charge < -0.3 is 10.1 Å². The van der Waals surface area contributed by atoms with E-state index < -0.39 is 0 Å². The summed E-state index contributed by atoms with van der Waals surface area (Å²) in [5.41, 5.74) is 2.81. The quantitative estimate of drug-likeness (QED) is 0.793. The molecule has 0 amide bonds. The molecule has 1 aliphatic rings. The minimum Gasteiger partial charge on any atom is -0.473 e. The zero-order valence-electron chi connectivity index (χ0n) is 13.5. The first-order valence-electron chi connectivity index (χ1n) is 7.75. The zero-order chi connectivity index (χ0) is 16.0. The van der Waals surface area contributed by atoms with Crippen molar-refractivity contribution < 1.29 is 4.74 Å².